The standard InChI is InChI=1S/C19H23NO3S/c1-2-24(22,23)18-14-7-6-13-17(18)19(21)20-15-9-8-12-16-10-4-3-5-11-16/h3-7,10-11,13-14H,2,8-9,12,15H2,1H3,(H,20,21). The molecule has 0 bridgehead atoms. The van der Waals surface area contributed by atoms with Gasteiger partial charge in [0.15, 0.2) is 9.84 Å². The number of nitrogens with one attached hydrogen (secondary N) is 1. The summed E-state index contributed by atoms with van der Waals surface area (Å²) in [6.07, 6.45) is 2.79. The van der Waals surface area contributed by atoms with E-state index in [4.69, 9.17) is 0 Å². The number of benzene rings is 2. The summed E-state index contributed by atoms with van der Waals surface area (Å²) in [5, 5.41) is 2.82. The summed E-state index contributed by atoms with van der Waals surface area (Å²) in [5.74, 6) is -0.351. The fourth-order valence-electron chi connectivity index (χ4n) is 2.48. The van der Waals surface area contributed by atoms with Crippen molar-refractivity contribution in [2.75, 3.05) is 12.3 Å². The van der Waals surface area contributed by atoms with E-state index >= 15 is 0 Å². The lowest BCUT2D eigenvalue weighted by molar-refractivity contribution is 0.0949. The predicted molar refractivity (Wildman–Crippen MR) is 95.9 cm³/mol. The van der Waals surface area contributed by atoms with Crippen molar-refractivity contribution in [2.24, 2.45) is 0 Å². The SMILES string of the molecule is CCS(=O)(=O)c1ccccc1C(=O)NCCCCc1ccccc1. The van der Waals surface area contributed by atoms with Gasteiger partial charge in [-0.3, -0.25) is 4.79 Å². The summed E-state index contributed by atoms with van der Waals surface area (Å²) in [4.78, 5) is 12.4. The van der Waals surface area contributed by atoms with E-state index in [1.165, 1.54) is 11.6 Å². The van der Waals surface area contributed by atoms with E-state index < -0.39 is 9.84 Å². The van der Waals surface area contributed by atoms with Crippen LogP contribution in [0.3, 0.4) is 0 Å². The quantitative estimate of drug-likeness (QED) is 0.747. The molecule has 1 amide bonds. The second-order valence-corrected chi connectivity index (χ2v) is 7.84. The highest BCUT2D eigenvalue weighted by molar-refractivity contribution is 7.91. The maximum atomic E-state index is 12.3. The third-order valence-corrected chi connectivity index (χ3v) is 5.65. The number of sulfone groups is 1. The molecule has 1 N–H and O–H groups in total. The van der Waals surface area contributed by atoms with E-state index in [0.717, 1.165) is 19.3 Å². The van der Waals surface area contributed by atoms with Crippen LogP contribution in [0, 0.1) is 0 Å². The molecule has 4 nitrogen and oxygen atoms in total. The molecule has 2 aromatic carbocycles. The second kappa shape index (κ2) is 8.64. The zero-order valence-electron chi connectivity index (χ0n) is 13.9. The van der Waals surface area contributed by atoms with Crippen molar-refractivity contribution in [1.82, 2.24) is 5.32 Å². The molecule has 0 atom stereocenters. The molecular weight excluding hydrogens is 322 g/mol. The molecule has 0 heterocycles. The summed E-state index contributed by atoms with van der Waals surface area (Å²) in [7, 11) is -3.41. The Morgan fingerprint density at radius 1 is 0.958 bits per heavy atom. The zero-order chi connectivity index (χ0) is 17.4. The van der Waals surface area contributed by atoms with Gasteiger partial charge in [0, 0.05) is 6.54 Å². The molecule has 0 unspecified atom stereocenters. The van der Waals surface area contributed by atoms with Crippen molar-refractivity contribution < 1.29 is 13.2 Å². The normalized spacial score (nSPS) is 11.2. The van der Waals surface area contributed by atoms with Crippen molar-refractivity contribution in [3.05, 3.63) is 65.7 Å². The molecule has 0 spiro atoms. The van der Waals surface area contributed by atoms with Crippen LogP contribution < -0.4 is 5.32 Å². The van der Waals surface area contributed by atoms with E-state index in [1.54, 1.807) is 25.1 Å². The van der Waals surface area contributed by atoms with Crippen LogP contribution in [0.4, 0.5) is 0 Å². The van der Waals surface area contributed by atoms with Crippen LogP contribution in [0.2, 0.25) is 0 Å². The van der Waals surface area contributed by atoms with Crippen LogP contribution in [0.25, 0.3) is 0 Å². The predicted octanol–water partition coefficient (Wildman–Crippen LogP) is 3.23. The minimum Gasteiger partial charge on any atom is -0.352 e. The van der Waals surface area contributed by atoms with Crippen molar-refractivity contribution >= 4 is 15.7 Å². The maximum absolute atomic E-state index is 12.3. The van der Waals surface area contributed by atoms with Gasteiger partial charge in [-0.25, -0.2) is 8.42 Å². The molecule has 0 saturated carbocycles. The fraction of sp³-hybridized carbons (Fsp3) is 0.316. The van der Waals surface area contributed by atoms with Crippen LogP contribution in [0.15, 0.2) is 59.5 Å². The molecule has 2 rings (SSSR count). The Bertz CT molecular complexity index is 770. The van der Waals surface area contributed by atoms with Gasteiger partial charge in [0.1, 0.15) is 0 Å². The maximum Gasteiger partial charge on any atom is 0.252 e. The first-order valence-electron chi connectivity index (χ1n) is 8.18. The first-order valence-corrected chi connectivity index (χ1v) is 9.83. The molecule has 0 radical (unpaired) electrons. The number of amides is 1. The summed E-state index contributed by atoms with van der Waals surface area (Å²) in [6.45, 7) is 2.11. The highest BCUT2D eigenvalue weighted by Crippen LogP contribution is 2.17. The van der Waals surface area contributed by atoms with Gasteiger partial charge in [-0.05, 0) is 37.0 Å². The van der Waals surface area contributed by atoms with Gasteiger partial charge in [-0.2, -0.15) is 0 Å². The first-order chi connectivity index (χ1) is 11.5. The minimum atomic E-state index is -3.41. The van der Waals surface area contributed by atoms with Gasteiger partial charge in [0.2, 0.25) is 0 Å². The molecule has 0 fully saturated rings. The molecule has 128 valence electrons. The minimum absolute atomic E-state index is 0.0195. The number of hydrogen-bond donors (Lipinski definition) is 1. The van der Waals surface area contributed by atoms with E-state index in [2.05, 4.69) is 17.4 Å². The summed E-state index contributed by atoms with van der Waals surface area (Å²) in [6, 6.07) is 16.6. The number of carbonyl (C=O) groups excluding carboxylic acids is 1. The monoisotopic (exact) mass is 345 g/mol. The van der Waals surface area contributed by atoms with E-state index in [1.807, 2.05) is 18.2 Å². The zero-order valence-corrected chi connectivity index (χ0v) is 14.7. The lowest BCUT2D eigenvalue weighted by atomic mass is 10.1. The molecule has 0 aromatic heterocycles. The third kappa shape index (κ3) is 4.93. The van der Waals surface area contributed by atoms with Crippen molar-refractivity contribution in [3.63, 3.8) is 0 Å². The first kappa shape index (κ1) is 18.2. The highest BCUT2D eigenvalue weighted by Gasteiger charge is 2.20. The third-order valence-electron chi connectivity index (χ3n) is 3.87. The number of unbranched alkanes of at least 4 members (excludes halogenated alkanes) is 1. The van der Waals surface area contributed by atoms with Gasteiger partial charge in [0.25, 0.3) is 5.91 Å². The van der Waals surface area contributed by atoms with Gasteiger partial charge < -0.3 is 5.32 Å². The Morgan fingerprint density at radius 3 is 2.33 bits per heavy atom. The second-order valence-electron chi connectivity index (χ2n) is 5.60. The Balaban J connectivity index is 1.87. The Hall–Kier alpha value is -2.14. The Kier molecular flexibility index (Phi) is 6.55. The topological polar surface area (TPSA) is 63.2 Å². The largest absolute Gasteiger partial charge is 0.352 e. The molecule has 2 aromatic rings. The van der Waals surface area contributed by atoms with Gasteiger partial charge in [-0.15, -0.1) is 0 Å². The van der Waals surface area contributed by atoms with Crippen LogP contribution in [-0.2, 0) is 16.3 Å². The van der Waals surface area contributed by atoms with Gasteiger partial charge in [-0.1, -0.05) is 49.4 Å². The molecule has 0 aliphatic rings. The van der Waals surface area contributed by atoms with Gasteiger partial charge >= 0.3 is 0 Å². The van der Waals surface area contributed by atoms with E-state index in [0.29, 0.717) is 6.54 Å². The molecule has 0 saturated heterocycles. The average Bonchev–Trinajstić information content (AvgIpc) is 2.62. The van der Waals surface area contributed by atoms with Crippen LogP contribution in [-0.4, -0.2) is 26.6 Å². The van der Waals surface area contributed by atoms with Crippen molar-refractivity contribution in [1.29, 1.82) is 0 Å². The summed E-state index contributed by atoms with van der Waals surface area (Å²) >= 11 is 0. The number of rotatable bonds is 8. The molecule has 24 heavy (non-hydrogen) atoms. The van der Waals surface area contributed by atoms with Crippen LogP contribution in [0.5, 0.6) is 0 Å². The Labute approximate surface area is 143 Å². The lowest BCUT2D eigenvalue weighted by Gasteiger charge is -2.10. The molecule has 0 aliphatic carbocycles. The summed E-state index contributed by atoms with van der Waals surface area (Å²) in [5.41, 5.74) is 1.51. The van der Waals surface area contributed by atoms with Gasteiger partial charge in [0.05, 0.1) is 16.2 Å². The van der Waals surface area contributed by atoms with Crippen LogP contribution in [0.1, 0.15) is 35.7 Å². The lowest BCUT2D eigenvalue weighted by Crippen LogP contribution is -2.26. The van der Waals surface area contributed by atoms with Crippen molar-refractivity contribution in [3.8, 4) is 0 Å². The number of carbonyl (C=O) groups is 1. The van der Waals surface area contributed by atoms with Crippen molar-refractivity contribution in [2.45, 2.75) is 31.1 Å². The number of aryl methyl sites for hydroxylation is 1. The summed E-state index contributed by atoms with van der Waals surface area (Å²) < 4.78 is 24.2. The number of hydrogen-bond acceptors (Lipinski definition) is 3. The molecule has 0 aliphatic heterocycles. The molecule has 5 heteroatoms. The molecular formula is C19H23NO3S. The highest BCUT2D eigenvalue weighted by atomic mass is 32.2. The smallest absolute Gasteiger partial charge is 0.252 e. The van der Waals surface area contributed by atoms with E-state index in [-0.39, 0.29) is 22.1 Å². The fourth-order valence-corrected chi connectivity index (χ4v) is 3.57. The Morgan fingerprint density at radius 2 is 1.62 bits per heavy atom. The van der Waals surface area contributed by atoms with Crippen LogP contribution >= 0.6 is 0 Å². The average molecular weight is 345 g/mol. The van der Waals surface area contributed by atoms with E-state index in [9.17, 15) is 13.2 Å².